The van der Waals surface area contributed by atoms with Crippen molar-refractivity contribution in [3.05, 3.63) is 0 Å². The van der Waals surface area contributed by atoms with Crippen molar-refractivity contribution < 1.29 is 4.74 Å². The molecule has 1 aliphatic heterocycles. The highest BCUT2D eigenvalue weighted by Gasteiger charge is 2.21. The average Bonchev–Trinajstić information content (AvgIpc) is 2.55. The van der Waals surface area contributed by atoms with Crippen LogP contribution in [-0.2, 0) is 4.74 Å². The Hall–Kier alpha value is -0.120. The third-order valence-corrected chi connectivity index (χ3v) is 2.87. The maximum Gasteiger partial charge on any atom is 0.0700 e. The van der Waals surface area contributed by atoms with Gasteiger partial charge in [-0.25, -0.2) is 0 Å². The second-order valence-corrected chi connectivity index (χ2v) is 5.27. The average molecular weight is 200 g/mol. The van der Waals surface area contributed by atoms with E-state index in [2.05, 4.69) is 26.1 Å². The highest BCUT2D eigenvalue weighted by Crippen LogP contribution is 2.16. The highest BCUT2D eigenvalue weighted by atomic mass is 16.5. The second-order valence-electron chi connectivity index (χ2n) is 5.27. The number of nitrogens with two attached hydrogens (primary N) is 1. The van der Waals surface area contributed by atoms with Gasteiger partial charge in [-0.2, -0.15) is 0 Å². The first kappa shape index (κ1) is 12.0. The molecule has 0 saturated carbocycles. The molecule has 1 aliphatic rings. The lowest BCUT2D eigenvalue weighted by molar-refractivity contribution is 0.109. The van der Waals surface area contributed by atoms with Gasteiger partial charge in [0.2, 0.25) is 0 Å². The summed E-state index contributed by atoms with van der Waals surface area (Å²) in [4.78, 5) is 0. The summed E-state index contributed by atoms with van der Waals surface area (Å²) in [6.07, 6.45) is 2.82. The first-order chi connectivity index (χ1) is 6.50. The number of hydrogen-bond donors (Lipinski definition) is 2. The lowest BCUT2D eigenvalue weighted by atomic mass is 9.87. The molecule has 1 fully saturated rings. The summed E-state index contributed by atoms with van der Waals surface area (Å²) in [5.74, 6) is 0. The van der Waals surface area contributed by atoms with Gasteiger partial charge in [0.15, 0.2) is 0 Å². The van der Waals surface area contributed by atoms with Crippen LogP contribution in [0.5, 0.6) is 0 Å². The van der Waals surface area contributed by atoms with Crippen molar-refractivity contribution in [2.75, 3.05) is 19.7 Å². The summed E-state index contributed by atoms with van der Waals surface area (Å²) in [6, 6.07) is 0.212. The van der Waals surface area contributed by atoms with Gasteiger partial charge in [0.25, 0.3) is 0 Å². The maximum atomic E-state index is 6.03. The molecule has 0 aliphatic carbocycles. The van der Waals surface area contributed by atoms with Crippen molar-refractivity contribution >= 4 is 0 Å². The van der Waals surface area contributed by atoms with E-state index in [0.717, 1.165) is 19.7 Å². The monoisotopic (exact) mass is 200 g/mol. The van der Waals surface area contributed by atoms with Gasteiger partial charge in [-0.1, -0.05) is 20.8 Å². The minimum absolute atomic E-state index is 0.184. The number of rotatable bonds is 4. The SMILES string of the molecule is CC(C)(C)C(N)CNCC1CCCO1. The fourth-order valence-electron chi connectivity index (χ4n) is 1.51. The van der Waals surface area contributed by atoms with Crippen LogP contribution in [0.25, 0.3) is 0 Å². The molecule has 2 unspecified atom stereocenters. The summed E-state index contributed by atoms with van der Waals surface area (Å²) in [7, 11) is 0. The Balaban J connectivity index is 2.08. The number of hydrogen-bond acceptors (Lipinski definition) is 3. The predicted molar refractivity (Wildman–Crippen MR) is 59.3 cm³/mol. The molecular weight excluding hydrogens is 176 g/mol. The van der Waals surface area contributed by atoms with E-state index in [0.29, 0.717) is 6.10 Å². The van der Waals surface area contributed by atoms with Crippen LogP contribution in [0, 0.1) is 5.41 Å². The van der Waals surface area contributed by atoms with Gasteiger partial charge in [-0.3, -0.25) is 0 Å². The van der Waals surface area contributed by atoms with Crippen molar-refractivity contribution in [1.82, 2.24) is 5.32 Å². The zero-order valence-electron chi connectivity index (χ0n) is 9.68. The van der Waals surface area contributed by atoms with Crippen molar-refractivity contribution in [2.45, 2.75) is 45.8 Å². The Bertz CT molecular complexity index is 159. The molecule has 0 amide bonds. The van der Waals surface area contributed by atoms with Gasteiger partial charge >= 0.3 is 0 Å². The van der Waals surface area contributed by atoms with Crippen LogP contribution in [0.4, 0.5) is 0 Å². The Kier molecular flexibility index (Phi) is 4.35. The standard InChI is InChI=1S/C11H24N2O/c1-11(2,3)10(12)8-13-7-9-5-4-6-14-9/h9-10,13H,4-8,12H2,1-3H3. The first-order valence-corrected chi connectivity index (χ1v) is 5.58. The molecule has 0 spiro atoms. The first-order valence-electron chi connectivity index (χ1n) is 5.58. The van der Waals surface area contributed by atoms with Gasteiger partial charge < -0.3 is 15.8 Å². The molecule has 0 radical (unpaired) electrons. The van der Waals surface area contributed by atoms with Crippen molar-refractivity contribution in [3.63, 3.8) is 0 Å². The van der Waals surface area contributed by atoms with E-state index in [1.807, 2.05) is 0 Å². The van der Waals surface area contributed by atoms with Crippen LogP contribution in [0.2, 0.25) is 0 Å². The molecule has 3 heteroatoms. The number of ether oxygens (including phenoxy) is 1. The largest absolute Gasteiger partial charge is 0.377 e. The zero-order chi connectivity index (χ0) is 10.6. The van der Waals surface area contributed by atoms with Crippen molar-refractivity contribution in [1.29, 1.82) is 0 Å². The smallest absolute Gasteiger partial charge is 0.0700 e. The lowest BCUT2D eigenvalue weighted by Gasteiger charge is -2.27. The van der Waals surface area contributed by atoms with Crippen LogP contribution >= 0.6 is 0 Å². The minimum Gasteiger partial charge on any atom is -0.377 e. The summed E-state index contributed by atoms with van der Waals surface area (Å²) in [5.41, 5.74) is 6.22. The fourth-order valence-corrected chi connectivity index (χ4v) is 1.51. The molecule has 0 aromatic rings. The maximum absolute atomic E-state index is 6.03. The van der Waals surface area contributed by atoms with Crippen molar-refractivity contribution in [2.24, 2.45) is 11.1 Å². The quantitative estimate of drug-likeness (QED) is 0.715. The Morgan fingerprint density at radius 1 is 1.50 bits per heavy atom. The van der Waals surface area contributed by atoms with E-state index >= 15 is 0 Å². The Labute approximate surface area is 87.4 Å². The molecular formula is C11H24N2O. The minimum atomic E-state index is 0.184. The summed E-state index contributed by atoms with van der Waals surface area (Å²) >= 11 is 0. The van der Waals surface area contributed by atoms with Crippen LogP contribution in [0.15, 0.2) is 0 Å². The van der Waals surface area contributed by atoms with Gasteiger partial charge in [0, 0.05) is 25.7 Å². The summed E-state index contributed by atoms with van der Waals surface area (Å²) < 4.78 is 5.52. The molecule has 14 heavy (non-hydrogen) atoms. The van der Waals surface area contributed by atoms with Crippen molar-refractivity contribution in [3.8, 4) is 0 Å². The molecule has 1 rings (SSSR count). The molecule has 0 aromatic heterocycles. The topological polar surface area (TPSA) is 47.3 Å². The molecule has 84 valence electrons. The van der Waals surface area contributed by atoms with Crippen LogP contribution in [0.1, 0.15) is 33.6 Å². The van der Waals surface area contributed by atoms with Gasteiger partial charge in [-0.15, -0.1) is 0 Å². The third-order valence-electron chi connectivity index (χ3n) is 2.87. The molecule has 1 heterocycles. The molecule has 1 saturated heterocycles. The summed E-state index contributed by atoms with van der Waals surface area (Å²) in [5, 5.41) is 3.38. The van der Waals surface area contributed by atoms with Crippen LogP contribution in [-0.4, -0.2) is 31.8 Å². The predicted octanol–water partition coefficient (Wildman–Crippen LogP) is 1.13. The van der Waals surface area contributed by atoms with Crippen LogP contribution < -0.4 is 11.1 Å². The second kappa shape index (κ2) is 5.10. The molecule has 0 aromatic carbocycles. The van der Waals surface area contributed by atoms with E-state index in [-0.39, 0.29) is 11.5 Å². The van der Waals surface area contributed by atoms with E-state index in [4.69, 9.17) is 10.5 Å². The highest BCUT2D eigenvalue weighted by molar-refractivity contribution is 4.79. The zero-order valence-corrected chi connectivity index (χ0v) is 9.68. The van der Waals surface area contributed by atoms with Gasteiger partial charge in [-0.05, 0) is 18.3 Å². The van der Waals surface area contributed by atoms with E-state index in [1.165, 1.54) is 12.8 Å². The van der Waals surface area contributed by atoms with Gasteiger partial charge in [0.05, 0.1) is 6.10 Å². The van der Waals surface area contributed by atoms with E-state index < -0.39 is 0 Å². The van der Waals surface area contributed by atoms with E-state index in [9.17, 15) is 0 Å². The van der Waals surface area contributed by atoms with E-state index in [1.54, 1.807) is 0 Å². The molecule has 0 bridgehead atoms. The number of nitrogens with one attached hydrogen (secondary N) is 1. The lowest BCUT2D eigenvalue weighted by Crippen LogP contribution is -2.45. The third kappa shape index (κ3) is 3.95. The molecule has 3 N–H and O–H groups in total. The van der Waals surface area contributed by atoms with Crippen LogP contribution in [0.3, 0.4) is 0 Å². The normalized spacial score (nSPS) is 25.3. The Morgan fingerprint density at radius 2 is 2.21 bits per heavy atom. The Morgan fingerprint density at radius 3 is 2.71 bits per heavy atom. The molecule has 3 nitrogen and oxygen atoms in total. The van der Waals surface area contributed by atoms with Gasteiger partial charge in [0.1, 0.15) is 0 Å². The summed E-state index contributed by atoms with van der Waals surface area (Å²) in [6.45, 7) is 9.27. The molecule has 2 atom stereocenters. The fraction of sp³-hybridized carbons (Fsp3) is 1.00.